The SMILES string of the molecule is C=C/C(CNC(=O)OC(C)(C)C)=C(\C=C/C)CCC(O)CNC=O. The highest BCUT2D eigenvalue weighted by atomic mass is 16.6. The molecule has 1 atom stereocenters. The van der Waals surface area contributed by atoms with Crippen LogP contribution in [0.4, 0.5) is 4.79 Å². The lowest BCUT2D eigenvalue weighted by Crippen LogP contribution is -2.33. The molecule has 0 aliphatic carbocycles. The Morgan fingerprint density at radius 2 is 2.00 bits per heavy atom. The van der Waals surface area contributed by atoms with Crippen LogP contribution in [0, 0.1) is 0 Å². The van der Waals surface area contributed by atoms with Crippen molar-refractivity contribution in [3.8, 4) is 0 Å². The van der Waals surface area contributed by atoms with E-state index in [-0.39, 0.29) is 6.54 Å². The van der Waals surface area contributed by atoms with Crippen molar-refractivity contribution in [3.63, 3.8) is 0 Å². The first kappa shape index (κ1) is 21.9. The molecule has 0 saturated carbocycles. The molecule has 0 rings (SSSR count). The molecule has 0 radical (unpaired) electrons. The lowest BCUT2D eigenvalue weighted by Gasteiger charge is -2.20. The van der Waals surface area contributed by atoms with Gasteiger partial charge in [0, 0.05) is 13.1 Å². The Morgan fingerprint density at radius 3 is 2.50 bits per heavy atom. The summed E-state index contributed by atoms with van der Waals surface area (Å²) in [7, 11) is 0. The number of aliphatic hydroxyl groups is 1. The number of aliphatic hydroxyl groups excluding tert-OH is 1. The van der Waals surface area contributed by atoms with Crippen LogP contribution in [0.3, 0.4) is 0 Å². The zero-order chi connectivity index (χ0) is 18.6. The van der Waals surface area contributed by atoms with Gasteiger partial charge in [-0.25, -0.2) is 4.79 Å². The highest BCUT2D eigenvalue weighted by Crippen LogP contribution is 2.16. The number of rotatable bonds is 10. The maximum absolute atomic E-state index is 11.8. The van der Waals surface area contributed by atoms with Gasteiger partial charge in [-0.15, -0.1) is 0 Å². The van der Waals surface area contributed by atoms with Crippen molar-refractivity contribution in [1.29, 1.82) is 0 Å². The molecule has 136 valence electrons. The lowest BCUT2D eigenvalue weighted by atomic mass is 10.0. The summed E-state index contributed by atoms with van der Waals surface area (Å²) in [5.74, 6) is 0. The van der Waals surface area contributed by atoms with E-state index in [0.29, 0.717) is 25.8 Å². The molecule has 0 spiro atoms. The van der Waals surface area contributed by atoms with E-state index in [4.69, 9.17) is 4.74 Å². The quantitative estimate of drug-likeness (QED) is 0.422. The third-order valence-electron chi connectivity index (χ3n) is 3.03. The normalized spacial score (nSPS) is 13.9. The number of carbonyl (C=O) groups excluding carboxylic acids is 2. The fraction of sp³-hybridized carbons (Fsp3) is 0.556. The number of allylic oxidation sites excluding steroid dienone is 3. The second kappa shape index (κ2) is 11.5. The van der Waals surface area contributed by atoms with Gasteiger partial charge in [-0.05, 0) is 51.7 Å². The minimum atomic E-state index is -0.625. The van der Waals surface area contributed by atoms with Crippen molar-refractivity contribution >= 4 is 12.5 Å². The predicted octanol–water partition coefficient (Wildman–Crippen LogP) is 2.46. The minimum Gasteiger partial charge on any atom is -0.444 e. The van der Waals surface area contributed by atoms with Crippen molar-refractivity contribution in [2.45, 2.75) is 52.2 Å². The highest BCUT2D eigenvalue weighted by Gasteiger charge is 2.16. The van der Waals surface area contributed by atoms with E-state index < -0.39 is 17.8 Å². The fourth-order valence-electron chi connectivity index (χ4n) is 1.96. The standard InChI is InChI=1S/C18H30N2O4/c1-6-8-15(9-10-16(22)12-19-13-21)14(7-2)11-20-17(23)24-18(3,4)5/h6-8,13,16,22H,2,9-12H2,1,3-5H3,(H,19,21)(H,20,23)/b8-6-,15-14-. The molecule has 6 heteroatoms. The van der Waals surface area contributed by atoms with Gasteiger partial charge in [0.05, 0.1) is 6.10 Å². The van der Waals surface area contributed by atoms with Crippen LogP contribution >= 0.6 is 0 Å². The van der Waals surface area contributed by atoms with E-state index in [9.17, 15) is 14.7 Å². The summed E-state index contributed by atoms with van der Waals surface area (Å²) in [5, 5.41) is 15.0. The Kier molecular flexibility index (Phi) is 10.5. The molecule has 6 nitrogen and oxygen atoms in total. The Hall–Kier alpha value is -2.08. The molecule has 3 N–H and O–H groups in total. The van der Waals surface area contributed by atoms with E-state index in [1.807, 2.05) is 19.1 Å². The topological polar surface area (TPSA) is 87.7 Å². The second-order valence-corrected chi connectivity index (χ2v) is 6.33. The van der Waals surface area contributed by atoms with Crippen LogP contribution in [0.2, 0.25) is 0 Å². The smallest absolute Gasteiger partial charge is 0.407 e. The molecular formula is C18H30N2O4. The molecule has 0 aliphatic rings. The number of nitrogens with one attached hydrogen (secondary N) is 2. The van der Waals surface area contributed by atoms with E-state index >= 15 is 0 Å². The first-order valence-corrected chi connectivity index (χ1v) is 8.02. The summed E-state index contributed by atoms with van der Waals surface area (Å²) in [6.07, 6.45) is 6.04. The van der Waals surface area contributed by atoms with Crippen LogP contribution < -0.4 is 10.6 Å². The Labute approximate surface area is 144 Å². The molecule has 2 amide bonds. The molecule has 0 aromatic rings. The summed E-state index contributed by atoms with van der Waals surface area (Å²) in [6, 6.07) is 0. The van der Waals surface area contributed by atoms with Crippen molar-refractivity contribution in [2.24, 2.45) is 0 Å². The van der Waals surface area contributed by atoms with Crippen LogP contribution in [0.1, 0.15) is 40.5 Å². The molecule has 24 heavy (non-hydrogen) atoms. The van der Waals surface area contributed by atoms with Gasteiger partial charge in [0.15, 0.2) is 0 Å². The van der Waals surface area contributed by atoms with Gasteiger partial charge in [0.2, 0.25) is 6.41 Å². The zero-order valence-corrected chi connectivity index (χ0v) is 15.1. The average molecular weight is 338 g/mol. The van der Waals surface area contributed by atoms with Crippen LogP contribution in [-0.2, 0) is 9.53 Å². The summed E-state index contributed by atoms with van der Waals surface area (Å²) in [6.45, 7) is 11.6. The number of hydrogen-bond donors (Lipinski definition) is 3. The minimum absolute atomic E-state index is 0.214. The van der Waals surface area contributed by atoms with Gasteiger partial charge in [-0.2, -0.15) is 0 Å². The number of amides is 2. The van der Waals surface area contributed by atoms with E-state index in [0.717, 1.165) is 11.1 Å². The van der Waals surface area contributed by atoms with Gasteiger partial charge in [-0.1, -0.05) is 24.8 Å². The second-order valence-electron chi connectivity index (χ2n) is 6.33. The van der Waals surface area contributed by atoms with E-state index in [1.54, 1.807) is 26.8 Å². The van der Waals surface area contributed by atoms with Crippen molar-refractivity contribution in [1.82, 2.24) is 10.6 Å². The Balaban J connectivity index is 4.80. The molecule has 0 aromatic carbocycles. The molecule has 1 unspecified atom stereocenters. The van der Waals surface area contributed by atoms with E-state index in [1.165, 1.54) is 0 Å². The molecule has 0 heterocycles. The van der Waals surface area contributed by atoms with Gasteiger partial charge in [0.1, 0.15) is 5.60 Å². The maximum atomic E-state index is 11.8. The van der Waals surface area contributed by atoms with Crippen LogP contribution in [-0.4, -0.2) is 42.4 Å². The third kappa shape index (κ3) is 10.6. The van der Waals surface area contributed by atoms with Gasteiger partial charge in [0.25, 0.3) is 0 Å². The van der Waals surface area contributed by atoms with Gasteiger partial charge >= 0.3 is 6.09 Å². The summed E-state index contributed by atoms with van der Waals surface area (Å²) < 4.78 is 5.21. The molecule has 0 fully saturated rings. The number of hydrogen-bond acceptors (Lipinski definition) is 4. The molecule has 0 aromatic heterocycles. The van der Waals surface area contributed by atoms with E-state index in [2.05, 4.69) is 17.2 Å². The Morgan fingerprint density at radius 1 is 1.33 bits per heavy atom. The Bertz CT molecular complexity index is 476. The first-order valence-electron chi connectivity index (χ1n) is 8.02. The summed E-state index contributed by atoms with van der Waals surface area (Å²) in [5.41, 5.74) is 1.27. The first-order chi connectivity index (χ1) is 11.2. The molecule has 0 aliphatic heterocycles. The predicted molar refractivity (Wildman–Crippen MR) is 95.6 cm³/mol. The van der Waals surface area contributed by atoms with Crippen molar-refractivity contribution in [3.05, 3.63) is 36.0 Å². The monoisotopic (exact) mass is 338 g/mol. The van der Waals surface area contributed by atoms with Crippen LogP contribution in [0.5, 0.6) is 0 Å². The number of carbonyl (C=O) groups is 2. The van der Waals surface area contributed by atoms with Crippen molar-refractivity contribution in [2.75, 3.05) is 13.1 Å². The third-order valence-corrected chi connectivity index (χ3v) is 3.03. The average Bonchev–Trinajstić information content (AvgIpc) is 2.49. The molecular weight excluding hydrogens is 308 g/mol. The van der Waals surface area contributed by atoms with Gasteiger partial charge < -0.3 is 20.5 Å². The fourth-order valence-corrected chi connectivity index (χ4v) is 1.96. The van der Waals surface area contributed by atoms with Crippen molar-refractivity contribution < 1.29 is 19.4 Å². The van der Waals surface area contributed by atoms with Crippen LogP contribution in [0.15, 0.2) is 36.0 Å². The number of alkyl carbamates (subject to hydrolysis) is 1. The largest absolute Gasteiger partial charge is 0.444 e. The van der Waals surface area contributed by atoms with Gasteiger partial charge in [-0.3, -0.25) is 4.79 Å². The summed E-state index contributed by atoms with van der Waals surface area (Å²) in [4.78, 5) is 22.0. The summed E-state index contributed by atoms with van der Waals surface area (Å²) >= 11 is 0. The maximum Gasteiger partial charge on any atom is 0.407 e. The zero-order valence-electron chi connectivity index (χ0n) is 15.1. The molecule has 0 saturated heterocycles. The lowest BCUT2D eigenvalue weighted by molar-refractivity contribution is -0.110. The number of ether oxygens (including phenoxy) is 1. The highest BCUT2D eigenvalue weighted by molar-refractivity contribution is 5.68. The van der Waals surface area contributed by atoms with Crippen LogP contribution in [0.25, 0.3) is 0 Å². The molecule has 0 bridgehead atoms.